The largest absolute Gasteiger partial charge is 0.368 e. The summed E-state index contributed by atoms with van der Waals surface area (Å²) in [4.78, 5) is 27.1. The lowest BCUT2D eigenvalue weighted by Crippen LogP contribution is -2.46. The number of hydrazone groups is 1. The smallest absolute Gasteiger partial charge is 0.267 e. The summed E-state index contributed by atoms with van der Waals surface area (Å²) in [6.07, 6.45) is 1.95. The van der Waals surface area contributed by atoms with E-state index in [2.05, 4.69) is 15.3 Å². The molecule has 1 fully saturated rings. The van der Waals surface area contributed by atoms with Crippen molar-refractivity contribution in [3.05, 3.63) is 65.2 Å². The number of para-hydroxylation sites is 1. The maximum Gasteiger partial charge on any atom is 0.267 e. The molecule has 2 aromatic rings. The van der Waals surface area contributed by atoms with Crippen LogP contribution in [0.4, 0.5) is 5.69 Å². The van der Waals surface area contributed by atoms with E-state index < -0.39 is 11.9 Å². The Bertz CT molecular complexity index is 956. The molecule has 7 nitrogen and oxygen atoms in total. The Balaban J connectivity index is 1.32. The van der Waals surface area contributed by atoms with Crippen LogP contribution in [0.3, 0.4) is 0 Å². The van der Waals surface area contributed by atoms with Gasteiger partial charge >= 0.3 is 0 Å². The molecule has 31 heavy (non-hydrogen) atoms. The molecule has 0 spiro atoms. The van der Waals surface area contributed by atoms with Crippen LogP contribution >= 0.6 is 11.6 Å². The quantitative estimate of drug-likeness (QED) is 0.723. The summed E-state index contributed by atoms with van der Waals surface area (Å²) in [5.41, 5.74) is 7.87. The predicted molar refractivity (Wildman–Crippen MR) is 122 cm³/mol. The Morgan fingerprint density at radius 3 is 2.39 bits per heavy atom. The van der Waals surface area contributed by atoms with Gasteiger partial charge in [0.25, 0.3) is 5.91 Å². The molecule has 162 valence electrons. The molecular weight excluding hydrogens is 414 g/mol. The highest BCUT2D eigenvalue weighted by molar-refractivity contribution is 6.40. The summed E-state index contributed by atoms with van der Waals surface area (Å²) in [5, 5.41) is 9.80. The van der Waals surface area contributed by atoms with Gasteiger partial charge in [0.15, 0.2) is 0 Å². The topological polar surface area (TPSA) is 91.0 Å². The first-order chi connectivity index (χ1) is 15.0. The van der Waals surface area contributed by atoms with E-state index in [1.54, 1.807) is 5.01 Å². The van der Waals surface area contributed by atoms with Crippen molar-refractivity contribution in [2.24, 2.45) is 10.8 Å². The Kier molecular flexibility index (Phi) is 6.53. The zero-order valence-corrected chi connectivity index (χ0v) is 18.0. The van der Waals surface area contributed by atoms with Crippen LogP contribution in [0.2, 0.25) is 5.02 Å². The van der Waals surface area contributed by atoms with Crippen molar-refractivity contribution in [3.63, 3.8) is 0 Å². The second kappa shape index (κ2) is 9.49. The Morgan fingerprint density at radius 1 is 1.06 bits per heavy atom. The number of nitrogens with zero attached hydrogens (tertiary/aromatic N) is 3. The van der Waals surface area contributed by atoms with E-state index in [1.807, 2.05) is 54.6 Å². The number of amides is 2. The van der Waals surface area contributed by atoms with Gasteiger partial charge in [-0.25, -0.2) is 0 Å². The van der Waals surface area contributed by atoms with E-state index in [9.17, 15) is 9.59 Å². The minimum absolute atomic E-state index is 0.0921. The number of halogens is 1. The number of carbonyl (C=O) groups excluding carboxylic acids is 2. The van der Waals surface area contributed by atoms with Crippen molar-refractivity contribution in [2.45, 2.75) is 37.9 Å². The fourth-order valence-electron chi connectivity index (χ4n) is 4.04. The average molecular weight is 440 g/mol. The molecule has 0 aromatic heterocycles. The Hall–Kier alpha value is -2.90. The molecule has 0 aliphatic carbocycles. The molecule has 2 aliphatic heterocycles. The zero-order chi connectivity index (χ0) is 21.8. The summed E-state index contributed by atoms with van der Waals surface area (Å²) >= 11 is 5.95. The Labute approximate surface area is 186 Å². The molecule has 0 saturated carbocycles. The summed E-state index contributed by atoms with van der Waals surface area (Å²) in [6, 6.07) is 16.6. The van der Waals surface area contributed by atoms with Crippen molar-refractivity contribution in [2.75, 3.05) is 18.1 Å². The number of piperidine rings is 1. The summed E-state index contributed by atoms with van der Waals surface area (Å²) in [6.45, 7) is 2.68. The number of hydrogen-bond acceptors (Lipinski definition) is 5. The molecule has 1 unspecified atom stereocenters. The standard InChI is InChI=1S/C23H26ClN5O2/c24-17-8-6-16(7-9-17)15-28-12-10-18(11-13-28)26-23(31)20-14-21(22(25)30)29(27-20)19-4-2-1-3-5-19/h1-9,18,21H,10-15H2,(H2,25,30)(H,26,31). The average Bonchev–Trinajstić information content (AvgIpc) is 3.23. The first-order valence-corrected chi connectivity index (χ1v) is 10.9. The molecule has 4 rings (SSSR count). The van der Waals surface area contributed by atoms with Crippen LogP contribution in [0, 0.1) is 0 Å². The summed E-state index contributed by atoms with van der Waals surface area (Å²) in [5.74, 6) is -0.716. The van der Waals surface area contributed by atoms with Gasteiger partial charge in [-0.15, -0.1) is 0 Å². The van der Waals surface area contributed by atoms with Crippen molar-refractivity contribution in [1.29, 1.82) is 0 Å². The third kappa shape index (κ3) is 5.24. The van der Waals surface area contributed by atoms with E-state index in [0.29, 0.717) is 5.71 Å². The summed E-state index contributed by atoms with van der Waals surface area (Å²) < 4.78 is 0. The van der Waals surface area contributed by atoms with Crippen LogP contribution in [0.1, 0.15) is 24.8 Å². The molecule has 0 radical (unpaired) electrons. The number of carbonyl (C=O) groups is 2. The lowest BCUT2D eigenvalue weighted by atomic mass is 10.0. The minimum atomic E-state index is -0.649. The Morgan fingerprint density at radius 2 is 1.74 bits per heavy atom. The van der Waals surface area contributed by atoms with Gasteiger partial charge < -0.3 is 11.1 Å². The van der Waals surface area contributed by atoms with Crippen LogP contribution < -0.4 is 16.1 Å². The lowest BCUT2D eigenvalue weighted by Gasteiger charge is -2.32. The van der Waals surface area contributed by atoms with E-state index in [-0.39, 0.29) is 18.4 Å². The second-order valence-electron chi connectivity index (χ2n) is 8.00. The first-order valence-electron chi connectivity index (χ1n) is 10.5. The number of benzene rings is 2. The fraction of sp³-hybridized carbons (Fsp3) is 0.348. The van der Waals surface area contributed by atoms with Crippen LogP contribution in [0.15, 0.2) is 59.7 Å². The van der Waals surface area contributed by atoms with Gasteiger partial charge in [-0.05, 0) is 42.7 Å². The van der Waals surface area contributed by atoms with Gasteiger partial charge in [-0.2, -0.15) is 5.10 Å². The van der Waals surface area contributed by atoms with E-state index in [1.165, 1.54) is 5.56 Å². The molecule has 8 heteroatoms. The van der Waals surface area contributed by atoms with Gasteiger partial charge in [0.1, 0.15) is 11.8 Å². The van der Waals surface area contributed by atoms with Gasteiger partial charge in [-0.1, -0.05) is 41.9 Å². The highest BCUT2D eigenvalue weighted by Gasteiger charge is 2.35. The SMILES string of the molecule is NC(=O)C1CC(C(=O)NC2CCN(Cc3ccc(Cl)cc3)CC2)=NN1c1ccccc1. The van der Waals surface area contributed by atoms with Gasteiger partial charge in [0, 0.05) is 37.1 Å². The monoisotopic (exact) mass is 439 g/mol. The predicted octanol–water partition coefficient (Wildman–Crippen LogP) is 2.54. The highest BCUT2D eigenvalue weighted by atomic mass is 35.5. The molecule has 2 heterocycles. The van der Waals surface area contributed by atoms with E-state index >= 15 is 0 Å². The van der Waals surface area contributed by atoms with Gasteiger partial charge in [-0.3, -0.25) is 19.5 Å². The lowest BCUT2D eigenvalue weighted by molar-refractivity contribution is -0.119. The van der Waals surface area contributed by atoms with Gasteiger partial charge in [0.2, 0.25) is 5.91 Å². The van der Waals surface area contributed by atoms with Crippen molar-refractivity contribution in [3.8, 4) is 0 Å². The molecular formula is C23H26ClN5O2. The minimum Gasteiger partial charge on any atom is -0.368 e. The number of nitrogens with two attached hydrogens (primary N) is 1. The number of hydrogen-bond donors (Lipinski definition) is 2. The van der Waals surface area contributed by atoms with E-state index in [0.717, 1.165) is 43.2 Å². The van der Waals surface area contributed by atoms with Crippen LogP contribution in [0.25, 0.3) is 0 Å². The molecule has 2 aliphatic rings. The number of rotatable bonds is 6. The number of primary amides is 1. The first kappa shape index (κ1) is 21.3. The van der Waals surface area contributed by atoms with E-state index in [4.69, 9.17) is 17.3 Å². The number of likely N-dealkylation sites (tertiary alicyclic amines) is 1. The number of anilines is 1. The summed E-state index contributed by atoms with van der Waals surface area (Å²) in [7, 11) is 0. The fourth-order valence-corrected chi connectivity index (χ4v) is 4.17. The van der Waals surface area contributed by atoms with Gasteiger partial charge in [0.05, 0.1) is 5.69 Å². The maximum absolute atomic E-state index is 12.8. The van der Waals surface area contributed by atoms with Crippen LogP contribution in [-0.4, -0.2) is 47.6 Å². The normalized spacial score (nSPS) is 19.8. The van der Waals surface area contributed by atoms with Crippen LogP contribution in [-0.2, 0) is 16.1 Å². The third-order valence-electron chi connectivity index (χ3n) is 5.76. The zero-order valence-electron chi connectivity index (χ0n) is 17.2. The van der Waals surface area contributed by atoms with Crippen molar-refractivity contribution in [1.82, 2.24) is 10.2 Å². The molecule has 2 aromatic carbocycles. The molecule has 2 amide bonds. The van der Waals surface area contributed by atoms with Crippen molar-refractivity contribution < 1.29 is 9.59 Å². The van der Waals surface area contributed by atoms with Crippen LogP contribution in [0.5, 0.6) is 0 Å². The third-order valence-corrected chi connectivity index (χ3v) is 6.02. The second-order valence-corrected chi connectivity index (χ2v) is 8.44. The number of nitrogens with one attached hydrogen (secondary N) is 1. The van der Waals surface area contributed by atoms with Crippen molar-refractivity contribution >= 4 is 34.8 Å². The molecule has 0 bridgehead atoms. The molecule has 3 N–H and O–H groups in total. The molecule has 1 atom stereocenters. The molecule has 1 saturated heterocycles. The highest BCUT2D eigenvalue weighted by Crippen LogP contribution is 2.24. The maximum atomic E-state index is 12.8.